The van der Waals surface area contributed by atoms with Gasteiger partial charge in [0.05, 0.1) is 18.8 Å². The minimum Gasteiger partial charge on any atom is -0.325 e. The first-order valence-corrected chi connectivity index (χ1v) is 11.0. The van der Waals surface area contributed by atoms with Crippen LogP contribution >= 0.6 is 11.8 Å². The van der Waals surface area contributed by atoms with Crippen molar-refractivity contribution in [1.29, 1.82) is 0 Å². The second kappa shape index (κ2) is 9.86. The molecule has 0 radical (unpaired) electrons. The first-order chi connectivity index (χ1) is 14.7. The number of aromatic nitrogens is 3. The first-order valence-electron chi connectivity index (χ1n) is 10.0. The van der Waals surface area contributed by atoms with E-state index in [2.05, 4.69) is 37.1 Å². The Balaban J connectivity index is 1.45. The largest absolute Gasteiger partial charge is 0.325 e. The van der Waals surface area contributed by atoms with Crippen LogP contribution in [-0.2, 0) is 17.9 Å². The highest BCUT2D eigenvalue weighted by molar-refractivity contribution is 7.99. The minimum atomic E-state index is -0.332. The van der Waals surface area contributed by atoms with Crippen molar-refractivity contribution >= 4 is 23.4 Å². The Morgan fingerprint density at radius 3 is 2.47 bits per heavy atom. The Kier molecular flexibility index (Phi) is 6.76. The summed E-state index contributed by atoms with van der Waals surface area (Å²) in [7, 11) is 0. The summed E-state index contributed by atoms with van der Waals surface area (Å²) in [5, 5.41) is 12.3. The number of nitrogens with zero attached hydrogens (tertiary/aromatic N) is 4. The molecular formula is C22H24FN5OS. The van der Waals surface area contributed by atoms with Crippen molar-refractivity contribution in [3.63, 3.8) is 0 Å². The molecule has 2 heterocycles. The number of carbonyl (C=O) groups excluding carboxylic acids is 1. The second-order valence-electron chi connectivity index (χ2n) is 7.30. The average Bonchev–Trinajstić information content (AvgIpc) is 3.40. The van der Waals surface area contributed by atoms with Crippen LogP contribution in [0.25, 0.3) is 0 Å². The highest BCUT2D eigenvalue weighted by atomic mass is 32.2. The molecule has 0 atom stereocenters. The molecular weight excluding hydrogens is 401 g/mol. The number of amides is 1. The van der Waals surface area contributed by atoms with Crippen molar-refractivity contribution in [3.8, 4) is 0 Å². The third-order valence-electron chi connectivity index (χ3n) is 5.00. The van der Waals surface area contributed by atoms with Crippen molar-refractivity contribution in [2.24, 2.45) is 0 Å². The lowest BCUT2D eigenvalue weighted by molar-refractivity contribution is -0.113. The fourth-order valence-electron chi connectivity index (χ4n) is 3.47. The van der Waals surface area contributed by atoms with Crippen molar-refractivity contribution in [2.75, 3.05) is 24.2 Å². The van der Waals surface area contributed by atoms with Gasteiger partial charge in [0.2, 0.25) is 5.91 Å². The molecule has 1 aromatic heterocycles. The number of halogens is 1. The molecule has 1 aliphatic heterocycles. The van der Waals surface area contributed by atoms with Gasteiger partial charge in [0, 0.05) is 5.69 Å². The molecule has 1 N–H and O–H groups in total. The van der Waals surface area contributed by atoms with E-state index in [-0.39, 0.29) is 17.5 Å². The highest BCUT2D eigenvalue weighted by Crippen LogP contribution is 2.21. The van der Waals surface area contributed by atoms with E-state index < -0.39 is 0 Å². The van der Waals surface area contributed by atoms with Crippen LogP contribution in [0.15, 0.2) is 59.8 Å². The number of hydrogen-bond donors (Lipinski definition) is 1. The molecule has 1 saturated heterocycles. The summed E-state index contributed by atoms with van der Waals surface area (Å²) < 4.78 is 15.1. The Labute approximate surface area is 179 Å². The average molecular weight is 426 g/mol. The van der Waals surface area contributed by atoms with Gasteiger partial charge < -0.3 is 9.88 Å². The number of rotatable bonds is 8. The van der Waals surface area contributed by atoms with E-state index in [1.807, 2.05) is 18.2 Å². The molecule has 4 rings (SSSR count). The van der Waals surface area contributed by atoms with E-state index in [0.717, 1.165) is 36.2 Å². The van der Waals surface area contributed by atoms with Crippen LogP contribution in [0.1, 0.15) is 24.2 Å². The van der Waals surface area contributed by atoms with Gasteiger partial charge in [0.25, 0.3) is 0 Å². The number of anilines is 1. The maximum atomic E-state index is 13.0. The zero-order chi connectivity index (χ0) is 20.8. The Morgan fingerprint density at radius 2 is 1.73 bits per heavy atom. The molecule has 2 aromatic carbocycles. The standard InChI is InChI=1S/C22H24FN5OS/c23-18-8-10-19(11-9-18)24-21(29)16-30-22-26-25-20(15-27-12-4-5-13-27)28(22)14-17-6-2-1-3-7-17/h1-3,6-11H,4-5,12-16H2,(H,24,29). The van der Waals surface area contributed by atoms with Gasteiger partial charge in [-0.25, -0.2) is 4.39 Å². The summed E-state index contributed by atoms with van der Waals surface area (Å²) in [5.41, 5.74) is 1.74. The van der Waals surface area contributed by atoms with E-state index >= 15 is 0 Å². The SMILES string of the molecule is O=C(CSc1nnc(CN2CCCC2)n1Cc1ccccc1)Nc1ccc(F)cc1. The lowest BCUT2D eigenvalue weighted by Crippen LogP contribution is -2.22. The fourth-order valence-corrected chi connectivity index (χ4v) is 4.23. The quantitative estimate of drug-likeness (QED) is 0.557. The number of hydrogen-bond acceptors (Lipinski definition) is 5. The molecule has 1 amide bonds. The second-order valence-corrected chi connectivity index (χ2v) is 8.24. The van der Waals surface area contributed by atoms with Crippen LogP contribution in [-0.4, -0.2) is 44.4 Å². The summed E-state index contributed by atoms with van der Waals surface area (Å²) in [4.78, 5) is 14.7. The molecule has 0 spiro atoms. The normalized spacial score (nSPS) is 14.2. The van der Waals surface area contributed by atoms with Crippen molar-refractivity contribution in [2.45, 2.75) is 31.1 Å². The number of benzene rings is 2. The summed E-state index contributed by atoms with van der Waals surface area (Å²) in [6, 6.07) is 15.9. The Morgan fingerprint density at radius 1 is 1.00 bits per heavy atom. The summed E-state index contributed by atoms with van der Waals surface area (Å²) in [5.74, 6) is 0.625. The molecule has 1 aliphatic rings. The zero-order valence-corrected chi connectivity index (χ0v) is 17.4. The van der Waals surface area contributed by atoms with E-state index in [1.54, 1.807) is 12.1 Å². The fraction of sp³-hybridized carbons (Fsp3) is 0.318. The Hall–Kier alpha value is -2.71. The molecule has 0 aliphatic carbocycles. The van der Waals surface area contributed by atoms with Crippen LogP contribution in [0.3, 0.4) is 0 Å². The predicted octanol–water partition coefficient (Wildman–Crippen LogP) is 3.79. The molecule has 3 aromatic rings. The van der Waals surface area contributed by atoms with E-state index in [1.165, 1.54) is 36.7 Å². The van der Waals surface area contributed by atoms with Gasteiger partial charge in [0.15, 0.2) is 5.16 Å². The van der Waals surface area contributed by atoms with Gasteiger partial charge in [-0.1, -0.05) is 42.1 Å². The van der Waals surface area contributed by atoms with Crippen molar-refractivity contribution < 1.29 is 9.18 Å². The number of likely N-dealkylation sites (tertiary alicyclic amines) is 1. The lowest BCUT2D eigenvalue weighted by atomic mass is 10.2. The highest BCUT2D eigenvalue weighted by Gasteiger charge is 2.19. The molecule has 30 heavy (non-hydrogen) atoms. The number of carbonyl (C=O) groups is 1. The van der Waals surface area contributed by atoms with Crippen LogP contribution in [0.2, 0.25) is 0 Å². The molecule has 0 saturated carbocycles. The topological polar surface area (TPSA) is 63.1 Å². The van der Waals surface area contributed by atoms with Crippen LogP contribution in [0.5, 0.6) is 0 Å². The summed E-state index contributed by atoms with van der Waals surface area (Å²) >= 11 is 1.36. The maximum absolute atomic E-state index is 13.0. The van der Waals surface area contributed by atoms with Crippen LogP contribution < -0.4 is 5.32 Å². The van der Waals surface area contributed by atoms with Crippen molar-refractivity contribution in [1.82, 2.24) is 19.7 Å². The molecule has 0 bridgehead atoms. The van der Waals surface area contributed by atoms with Crippen molar-refractivity contribution in [3.05, 3.63) is 71.8 Å². The third-order valence-corrected chi connectivity index (χ3v) is 5.97. The number of thioether (sulfide) groups is 1. The molecule has 8 heteroatoms. The van der Waals surface area contributed by atoms with Gasteiger partial charge in [-0.15, -0.1) is 10.2 Å². The molecule has 1 fully saturated rings. The molecule has 156 valence electrons. The van der Waals surface area contributed by atoms with Gasteiger partial charge in [-0.3, -0.25) is 9.69 Å². The maximum Gasteiger partial charge on any atom is 0.234 e. The van der Waals surface area contributed by atoms with E-state index in [9.17, 15) is 9.18 Å². The summed E-state index contributed by atoms with van der Waals surface area (Å²) in [6.45, 7) is 3.60. The van der Waals surface area contributed by atoms with Gasteiger partial charge >= 0.3 is 0 Å². The first kappa shape index (κ1) is 20.6. The monoisotopic (exact) mass is 425 g/mol. The van der Waals surface area contributed by atoms with Gasteiger partial charge in [-0.2, -0.15) is 0 Å². The Bertz CT molecular complexity index is 971. The van der Waals surface area contributed by atoms with Gasteiger partial charge in [-0.05, 0) is 55.8 Å². The minimum absolute atomic E-state index is 0.165. The third kappa shape index (κ3) is 5.46. The predicted molar refractivity (Wildman–Crippen MR) is 116 cm³/mol. The van der Waals surface area contributed by atoms with Crippen LogP contribution in [0, 0.1) is 5.82 Å². The van der Waals surface area contributed by atoms with E-state index in [4.69, 9.17) is 0 Å². The van der Waals surface area contributed by atoms with Crippen LogP contribution in [0.4, 0.5) is 10.1 Å². The smallest absolute Gasteiger partial charge is 0.234 e. The number of nitrogens with one attached hydrogen (secondary N) is 1. The zero-order valence-electron chi connectivity index (χ0n) is 16.6. The lowest BCUT2D eigenvalue weighted by Gasteiger charge is -2.16. The molecule has 0 unspecified atom stereocenters. The van der Waals surface area contributed by atoms with E-state index in [0.29, 0.717) is 12.2 Å². The van der Waals surface area contributed by atoms with Gasteiger partial charge in [0.1, 0.15) is 11.6 Å². The molecule has 6 nitrogen and oxygen atoms in total. The summed E-state index contributed by atoms with van der Waals surface area (Å²) in [6.07, 6.45) is 2.44.